The van der Waals surface area contributed by atoms with Crippen LogP contribution in [0.4, 0.5) is 5.69 Å². The van der Waals surface area contributed by atoms with Crippen molar-refractivity contribution in [1.29, 1.82) is 0 Å². The molecule has 19 heavy (non-hydrogen) atoms. The predicted molar refractivity (Wildman–Crippen MR) is 72.0 cm³/mol. The Kier molecular flexibility index (Phi) is 3.81. The van der Waals surface area contributed by atoms with Crippen LogP contribution in [0.3, 0.4) is 0 Å². The molecule has 0 heterocycles. The molecular weight excluding hydrogens is 242 g/mol. The van der Waals surface area contributed by atoms with Crippen LogP contribution >= 0.6 is 0 Å². The van der Waals surface area contributed by atoms with Crippen molar-refractivity contribution in [3.8, 4) is 11.1 Å². The first-order chi connectivity index (χ1) is 9.24. The second kappa shape index (κ2) is 5.71. The van der Waals surface area contributed by atoms with E-state index in [1.54, 1.807) is 30.3 Å². The van der Waals surface area contributed by atoms with Gasteiger partial charge in [-0.25, -0.2) is 4.79 Å². The molecule has 0 atom stereocenters. The molecule has 0 radical (unpaired) electrons. The van der Waals surface area contributed by atoms with Gasteiger partial charge in [0.25, 0.3) is 0 Å². The van der Waals surface area contributed by atoms with Gasteiger partial charge in [-0.1, -0.05) is 41.5 Å². The van der Waals surface area contributed by atoms with Crippen LogP contribution in [0.1, 0.15) is 10.4 Å². The standard InChI is InChI=1S/C14H11N3O2/c1-19-14(18)12-4-2-3-11(9-12)10-5-7-13(8-6-10)16-17-15/h2-9H,1H3. The third-order valence-corrected chi connectivity index (χ3v) is 2.64. The third kappa shape index (κ3) is 2.91. The topological polar surface area (TPSA) is 75.1 Å². The van der Waals surface area contributed by atoms with E-state index in [-0.39, 0.29) is 5.97 Å². The van der Waals surface area contributed by atoms with Crippen molar-refractivity contribution < 1.29 is 9.53 Å². The Morgan fingerprint density at radius 3 is 2.53 bits per heavy atom. The molecule has 0 unspecified atom stereocenters. The molecule has 0 N–H and O–H groups in total. The van der Waals surface area contributed by atoms with Gasteiger partial charge in [0, 0.05) is 10.6 Å². The average Bonchev–Trinajstić information content (AvgIpc) is 2.48. The van der Waals surface area contributed by atoms with E-state index < -0.39 is 0 Å². The quantitative estimate of drug-likeness (QED) is 0.357. The number of carbonyl (C=O) groups excluding carboxylic acids is 1. The van der Waals surface area contributed by atoms with Gasteiger partial charge in [-0.15, -0.1) is 0 Å². The maximum atomic E-state index is 11.5. The number of hydrogen-bond donors (Lipinski definition) is 0. The molecule has 2 aromatic carbocycles. The van der Waals surface area contributed by atoms with Crippen molar-refractivity contribution in [2.45, 2.75) is 0 Å². The molecule has 5 nitrogen and oxygen atoms in total. The minimum absolute atomic E-state index is 0.368. The Morgan fingerprint density at radius 2 is 1.89 bits per heavy atom. The van der Waals surface area contributed by atoms with Gasteiger partial charge in [0.1, 0.15) is 0 Å². The Morgan fingerprint density at radius 1 is 1.16 bits per heavy atom. The predicted octanol–water partition coefficient (Wildman–Crippen LogP) is 4.08. The van der Waals surface area contributed by atoms with E-state index in [0.717, 1.165) is 11.1 Å². The highest BCUT2D eigenvalue weighted by atomic mass is 16.5. The number of azide groups is 1. The maximum Gasteiger partial charge on any atom is 0.337 e. The molecule has 0 aliphatic carbocycles. The summed E-state index contributed by atoms with van der Waals surface area (Å²) in [5.74, 6) is -0.368. The highest BCUT2D eigenvalue weighted by Gasteiger charge is 2.06. The normalized spacial score (nSPS) is 9.53. The average molecular weight is 253 g/mol. The molecule has 0 aliphatic heterocycles. The Hall–Kier alpha value is -2.78. The minimum Gasteiger partial charge on any atom is -0.465 e. The third-order valence-electron chi connectivity index (χ3n) is 2.64. The molecule has 2 aromatic rings. The summed E-state index contributed by atoms with van der Waals surface area (Å²) >= 11 is 0. The lowest BCUT2D eigenvalue weighted by Crippen LogP contribution is -2.00. The van der Waals surface area contributed by atoms with Crippen LogP contribution in [0, 0.1) is 0 Å². The number of nitrogens with zero attached hydrogens (tertiary/aromatic N) is 3. The Bertz CT molecular complexity index is 644. The van der Waals surface area contributed by atoms with Gasteiger partial charge in [-0.3, -0.25) is 0 Å². The van der Waals surface area contributed by atoms with Crippen molar-refractivity contribution >= 4 is 11.7 Å². The minimum atomic E-state index is -0.368. The molecular formula is C14H11N3O2. The monoisotopic (exact) mass is 253 g/mol. The second-order valence-corrected chi connectivity index (χ2v) is 3.81. The summed E-state index contributed by atoms with van der Waals surface area (Å²) in [7, 11) is 1.35. The zero-order valence-corrected chi connectivity index (χ0v) is 10.3. The van der Waals surface area contributed by atoms with E-state index in [1.807, 2.05) is 18.2 Å². The number of rotatable bonds is 3. The molecule has 0 bridgehead atoms. The fourth-order valence-corrected chi connectivity index (χ4v) is 1.72. The summed E-state index contributed by atoms with van der Waals surface area (Å²) in [6.45, 7) is 0. The summed E-state index contributed by atoms with van der Waals surface area (Å²) < 4.78 is 4.68. The smallest absolute Gasteiger partial charge is 0.337 e. The van der Waals surface area contributed by atoms with Crippen LogP contribution in [-0.4, -0.2) is 13.1 Å². The molecule has 0 saturated heterocycles. The Balaban J connectivity index is 2.36. The summed E-state index contributed by atoms with van der Waals surface area (Å²) in [5, 5.41) is 3.51. The molecule has 0 spiro atoms. The lowest BCUT2D eigenvalue weighted by molar-refractivity contribution is 0.0601. The number of benzene rings is 2. The van der Waals surface area contributed by atoms with Gasteiger partial charge >= 0.3 is 5.97 Å². The van der Waals surface area contributed by atoms with Crippen molar-refractivity contribution in [1.82, 2.24) is 0 Å². The van der Waals surface area contributed by atoms with Crippen molar-refractivity contribution in [3.63, 3.8) is 0 Å². The largest absolute Gasteiger partial charge is 0.465 e. The summed E-state index contributed by atoms with van der Waals surface area (Å²) in [6.07, 6.45) is 0. The van der Waals surface area contributed by atoms with Gasteiger partial charge in [-0.2, -0.15) is 0 Å². The van der Waals surface area contributed by atoms with Gasteiger partial charge in [0.2, 0.25) is 0 Å². The van der Waals surface area contributed by atoms with E-state index in [9.17, 15) is 4.79 Å². The number of ether oxygens (including phenoxy) is 1. The summed E-state index contributed by atoms with van der Waals surface area (Å²) in [6, 6.07) is 14.3. The summed E-state index contributed by atoms with van der Waals surface area (Å²) in [4.78, 5) is 14.2. The molecule has 0 fully saturated rings. The molecule has 94 valence electrons. The second-order valence-electron chi connectivity index (χ2n) is 3.81. The van der Waals surface area contributed by atoms with Gasteiger partial charge in [0.05, 0.1) is 12.7 Å². The first-order valence-electron chi connectivity index (χ1n) is 5.58. The maximum absolute atomic E-state index is 11.5. The first kappa shape index (κ1) is 12.7. The highest BCUT2D eigenvalue weighted by molar-refractivity contribution is 5.91. The number of esters is 1. The summed E-state index contributed by atoms with van der Waals surface area (Å²) in [5.41, 5.74) is 11.2. The van der Waals surface area contributed by atoms with E-state index >= 15 is 0 Å². The van der Waals surface area contributed by atoms with Crippen molar-refractivity contribution in [2.75, 3.05) is 7.11 Å². The van der Waals surface area contributed by atoms with E-state index in [1.165, 1.54) is 7.11 Å². The molecule has 0 saturated carbocycles. The van der Waals surface area contributed by atoms with E-state index in [2.05, 4.69) is 14.8 Å². The fourth-order valence-electron chi connectivity index (χ4n) is 1.72. The molecule has 2 rings (SSSR count). The van der Waals surface area contributed by atoms with Crippen LogP contribution in [0.5, 0.6) is 0 Å². The lowest BCUT2D eigenvalue weighted by Gasteiger charge is -2.04. The SMILES string of the molecule is COC(=O)c1cccc(-c2ccc(N=[N+]=[N-])cc2)c1. The molecule has 0 aromatic heterocycles. The number of carbonyl (C=O) groups is 1. The number of methoxy groups -OCH3 is 1. The zero-order chi connectivity index (χ0) is 13.7. The fraction of sp³-hybridized carbons (Fsp3) is 0.0714. The molecule has 5 heteroatoms. The molecule has 0 aliphatic rings. The zero-order valence-electron chi connectivity index (χ0n) is 10.3. The van der Waals surface area contributed by atoms with E-state index in [4.69, 9.17) is 5.53 Å². The Labute approximate surface area is 110 Å². The van der Waals surface area contributed by atoms with Crippen LogP contribution in [-0.2, 0) is 4.74 Å². The lowest BCUT2D eigenvalue weighted by atomic mass is 10.0. The van der Waals surface area contributed by atoms with Crippen molar-refractivity contribution in [3.05, 3.63) is 64.5 Å². The van der Waals surface area contributed by atoms with Gasteiger partial charge < -0.3 is 4.74 Å². The van der Waals surface area contributed by atoms with Crippen LogP contribution in [0.15, 0.2) is 53.6 Å². The highest BCUT2D eigenvalue weighted by Crippen LogP contribution is 2.23. The van der Waals surface area contributed by atoms with Gasteiger partial charge in [-0.05, 0) is 28.8 Å². The molecule has 0 amide bonds. The van der Waals surface area contributed by atoms with Crippen LogP contribution < -0.4 is 0 Å². The van der Waals surface area contributed by atoms with Gasteiger partial charge in [0.15, 0.2) is 0 Å². The van der Waals surface area contributed by atoms with E-state index in [0.29, 0.717) is 11.3 Å². The van der Waals surface area contributed by atoms with Crippen LogP contribution in [0.25, 0.3) is 21.6 Å². The first-order valence-corrected chi connectivity index (χ1v) is 5.58. The van der Waals surface area contributed by atoms with Crippen molar-refractivity contribution in [2.24, 2.45) is 5.11 Å². The van der Waals surface area contributed by atoms with Crippen LogP contribution in [0.2, 0.25) is 0 Å². The number of hydrogen-bond acceptors (Lipinski definition) is 3.